The van der Waals surface area contributed by atoms with Crippen molar-refractivity contribution in [2.24, 2.45) is 7.05 Å². The highest BCUT2D eigenvalue weighted by Gasteiger charge is 2.35. The number of halogens is 4. The van der Waals surface area contributed by atoms with E-state index >= 15 is 0 Å². The van der Waals surface area contributed by atoms with Crippen LogP contribution in [0.15, 0.2) is 46.1 Å². The minimum atomic E-state index is -4.99. The third-order valence-electron chi connectivity index (χ3n) is 4.71. The zero-order chi connectivity index (χ0) is 28.1. The van der Waals surface area contributed by atoms with Crippen molar-refractivity contribution in [1.82, 2.24) is 14.1 Å². The number of carbonyl (C=O) groups is 1. The minimum Gasteiger partial charge on any atom is -0.466 e. The normalized spacial score (nSPS) is 11.7. The molecule has 0 saturated carbocycles. The van der Waals surface area contributed by atoms with Crippen molar-refractivity contribution in [3.8, 4) is 23.1 Å². The molecule has 14 heteroatoms. The average Bonchev–Trinajstić information content (AvgIpc) is 2.85. The van der Waals surface area contributed by atoms with Gasteiger partial charge in [-0.15, -0.1) is 0 Å². The molecule has 2 N–H and O–H groups in total. The number of methoxy groups -OCH3 is 1. The van der Waals surface area contributed by atoms with E-state index < -0.39 is 46.7 Å². The maximum atomic E-state index is 14.7. The molecule has 0 aliphatic carbocycles. The maximum Gasteiger partial charge on any atom is 0.431 e. The van der Waals surface area contributed by atoms with Crippen molar-refractivity contribution < 1.29 is 36.6 Å². The molecule has 0 radical (unpaired) electrons. The Hall–Kier alpha value is -4.36. The van der Waals surface area contributed by atoms with E-state index in [0.717, 1.165) is 26.3 Å². The van der Waals surface area contributed by atoms with Crippen molar-refractivity contribution in [2.75, 3.05) is 12.8 Å². The molecule has 1 aromatic carbocycles. The third kappa shape index (κ3) is 6.26. The van der Waals surface area contributed by atoms with Gasteiger partial charge in [-0.25, -0.2) is 23.5 Å². The molecule has 0 fully saturated rings. The van der Waals surface area contributed by atoms with Crippen LogP contribution in [0.5, 0.6) is 17.4 Å². The average molecular weight is 528 g/mol. The number of benzene rings is 1. The molecule has 3 rings (SSSR count). The Kier molecular flexibility index (Phi) is 9.04. The number of alkyl halides is 3. The Labute approximate surface area is 207 Å². The van der Waals surface area contributed by atoms with Crippen LogP contribution in [0.2, 0.25) is 0 Å². The van der Waals surface area contributed by atoms with E-state index in [9.17, 15) is 31.9 Å². The number of aromatic nitrogens is 3. The monoisotopic (exact) mass is 528 g/mol. The van der Waals surface area contributed by atoms with Gasteiger partial charge in [0.05, 0.1) is 18.5 Å². The smallest absolute Gasteiger partial charge is 0.431 e. The first-order chi connectivity index (χ1) is 17.3. The fourth-order valence-electron chi connectivity index (χ4n) is 2.98. The summed E-state index contributed by atoms with van der Waals surface area (Å²) in [6, 6.07) is 4.57. The van der Waals surface area contributed by atoms with Gasteiger partial charge in [0.1, 0.15) is 11.5 Å². The summed E-state index contributed by atoms with van der Waals surface area (Å²) in [5.74, 6) is -2.41. The van der Waals surface area contributed by atoms with E-state index in [2.05, 4.69) is 9.72 Å². The molecule has 0 saturated heterocycles. The van der Waals surface area contributed by atoms with Crippen LogP contribution in [0.4, 0.5) is 23.2 Å². The predicted molar refractivity (Wildman–Crippen MR) is 124 cm³/mol. The highest BCUT2D eigenvalue weighted by atomic mass is 19.4. The number of nitrogens with zero attached hydrogens (tertiary/aromatic N) is 3. The van der Waals surface area contributed by atoms with Gasteiger partial charge in [0.15, 0.2) is 17.6 Å². The molecule has 0 spiro atoms. The van der Waals surface area contributed by atoms with Gasteiger partial charge < -0.3 is 19.9 Å². The second kappa shape index (κ2) is 11.6. The molecule has 37 heavy (non-hydrogen) atoms. The summed E-state index contributed by atoms with van der Waals surface area (Å²) < 4.78 is 70.0. The summed E-state index contributed by atoms with van der Waals surface area (Å²) in [7, 11) is 1.95. The summed E-state index contributed by atoms with van der Waals surface area (Å²) in [4.78, 5) is 40.5. The molecule has 2 heterocycles. The molecule has 200 valence electrons. The Balaban J connectivity index is 0.00000235. The number of ether oxygens (including phenoxy) is 3. The van der Waals surface area contributed by atoms with Gasteiger partial charge in [-0.2, -0.15) is 13.2 Å². The Morgan fingerprint density at radius 3 is 2.38 bits per heavy atom. The lowest BCUT2D eigenvalue weighted by atomic mass is 10.2. The van der Waals surface area contributed by atoms with Crippen LogP contribution in [-0.4, -0.2) is 33.3 Å². The standard InChI is InChI=1S/C21H18F4N4O6.C2H6/c1-10(19(31)33-3)34-18-14(5-4-6-27-18)35-15-8-13(11(22)7-12(15)26)29-17(30)9-16(21(23,24)25)28(2)20(29)32;1-2/h4-10H,26H2,1-3H3;1-2H3. The largest absolute Gasteiger partial charge is 0.466 e. The van der Waals surface area contributed by atoms with Crippen molar-refractivity contribution in [2.45, 2.75) is 33.1 Å². The number of nitrogen functional groups attached to an aromatic ring is 1. The minimum absolute atomic E-state index is 0.0832. The first kappa shape index (κ1) is 28.9. The first-order valence-corrected chi connectivity index (χ1v) is 10.7. The number of esters is 1. The van der Waals surface area contributed by atoms with Gasteiger partial charge >= 0.3 is 17.8 Å². The molecule has 0 aliphatic heterocycles. The van der Waals surface area contributed by atoms with E-state index in [1.54, 1.807) is 0 Å². The van der Waals surface area contributed by atoms with Gasteiger partial charge in [-0.05, 0) is 19.1 Å². The number of pyridine rings is 1. The van der Waals surface area contributed by atoms with Gasteiger partial charge in [-0.1, -0.05) is 13.8 Å². The molecule has 2 aromatic heterocycles. The highest BCUT2D eigenvalue weighted by molar-refractivity contribution is 5.74. The zero-order valence-electron chi connectivity index (χ0n) is 20.4. The van der Waals surface area contributed by atoms with Crippen LogP contribution in [0.25, 0.3) is 5.69 Å². The highest BCUT2D eigenvalue weighted by Crippen LogP contribution is 2.35. The van der Waals surface area contributed by atoms with Crippen LogP contribution >= 0.6 is 0 Å². The Bertz CT molecular complexity index is 1400. The van der Waals surface area contributed by atoms with Crippen LogP contribution in [0, 0.1) is 5.82 Å². The summed E-state index contributed by atoms with van der Waals surface area (Å²) in [5, 5.41) is 0. The third-order valence-corrected chi connectivity index (χ3v) is 4.71. The van der Waals surface area contributed by atoms with Crippen LogP contribution in [-0.2, 0) is 22.8 Å². The lowest BCUT2D eigenvalue weighted by Gasteiger charge is -2.17. The topological polar surface area (TPSA) is 128 Å². The summed E-state index contributed by atoms with van der Waals surface area (Å²) >= 11 is 0. The predicted octanol–water partition coefficient (Wildman–Crippen LogP) is 3.43. The second-order valence-electron chi connectivity index (χ2n) is 7.08. The van der Waals surface area contributed by atoms with Crippen LogP contribution < -0.4 is 26.5 Å². The van der Waals surface area contributed by atoms with E-state index in [0.29, 0.717) is 0 Å². The van der Waals surface area contributed by atoms with E-state index in [4.69, 9.17) is 15.2 Å². The quantitative estimate of drug-likeness (QED) is 0.293. The molecule has 1 atom stereocenters. The fourth-order valence-corrected chi connectivity index (χ4v) is 2.98. The number of anilines is 1. The zero-order valence-corrected chi connectivity index (χ0v) is 20.4. The molecule has 10 nitrogen and oxygen atoms in total. The van der Waals surface area contributed by atoms with Gasteiger partial charge in [0.2, 0.25) is 0 Å². The lowest BCUT2D eigenvalue weighted by molar-refractivity contribution is -0.148. The van der Waals surface area contributed by atoms with Crippen LogP contribution in [0.3, 0.4) is 0 Å². The molecular formula is C23H24F4N4O6. The van der Waals surface area contributed by atoms with E-state index in [1.165, 1.54) is 25.3 Å². The van der Waals surface area contributed by atoms with E-state index in [1.807, 2.05) is 13.8 Å². The Morgan fingerprint density at radius 2 is 1.78 bits per heavy atom. The van der Waals surface area contributed by atoms with Crippen molar-refractivity contribution in [3.63, 3.8) is 0 Å². The number of carbonyl (C=O) groups excluding carboxylic acids is 1. The maximum absolute atomic E-state index is 14.7. The molecule has 0 aliphatic rings. The van der Waals surface area contributed by atoms with Crippen LogP contribution in [0.1, 0.15) is 26.5 Å². The van der Waals surface area contributed by atoms with E-state index in [-0.39, 0.29) is 38.3 Å². The molecule has 1 unspecified atom stereocenters. The molecule has 0 amide bonds. The summed E-state index contributed by atoms with van der Waals surface area (Å²) in [5.41, 5.74) is 0.442. The number of nitrogens with two attached hydrogens (primary N) is 1. The number of hydrogen-bond donors (Lipinski definition) is 1. The second-order valence-corrected chi connectivity index (χ2v) is 7.08. The number of hydrogen-bond acceptors (Lipinski definition) is 8. The van der Waals surface area contributed by atoms with Gasteiger partial charge in [-0.3, -0.25) is 9.36 Å². The van der Waals surface area contributed by atoms with Crippen molar-refractivity contribution in [3.05, 3.63) is 68.9 Å². The first-order valence-electron chi connectivity index (χ1n) is 10.7. The molecule has 3 aromatic rings. The van der Waals surface area contributed by atoms with Crippen molar-refractivity contribution in [1.29, 1.82) is 0 Å². The number of rotatable bonds is 6. The molecule has 0 bridgehead atoms. The SMILES string of the molecule is CC.COC(=O)C(C)Oc1ncccc1Oc1cc(-n2c(=O)cc(C(F)(F)F)n(C)c2=O)c(F)cc1N. The Morgan fingerprint density at radius 1 is 1.14 bits per heavy atom. The lowest BCUT2D eigenvalue weighted by Crippen LogP contribution is -2.41. The van der Waals surface area contributed by atoms with Gasteiger partial charge in [0, 0.05) is 31.4 Å². The van der Waals surface area contributed by atoms with Gasteiger partial charge in [0.25, 0.3) is 11.4 Å². The fraction of sp³-hybridized carbons (Fsp3) is 0.304. The van der Waals surface area contributed by atoms with Crippen molar-refractivity contribution >= 4 is 11.7 Å². The summed E-state index contributed by atoms with van der Waals surface area (Å²) in [6.45, 7) is 5.39. The summed E-state index contributed by atoms with van der Waals surface area (Å²) in [6.07, 6.45) is -4.73. The molecular weight excluding hydrogens is 504 g/mol.